The third-order valence-corrected chi connectivity index (χ3v) is 8.92. The second-order valence-corrected chi connectivity index (χ2v) is 11.8. The molecule has 5 nitrogen and oxygen atoms in total. The second kappa shape index (κ2) is 11.3. The first-order valence-corrected chi connectivity index (χ1v) is 16.0. The van der Waals surface area contributed by atoms with Crippen LogP contribution >= 0.6 is 0 Å². The Morgan fingerprint density at radius 1 is 0.447 bits per heavy atom. The molecule has 2 heterocycles. The van der Waals surface area contributed by atoms with Crippen LogP contribution in [0.15, 0.2) is 146 Å². The average Bonchev–Trinajstić information content (AvgIpc) is 3.54. The van der Waals surface area contributed by atoms with Gasteiger partial charge in [-0.1, -0.05) is 133 Å². The van der Waals surface area contributed by atoms with Crippen LogP contribution in [-0.4, -0.2) is 24.5 Å². The van der Waals surface area contributed by atoms with Gasteiger partial charge in [-0.25, -0.2) is 19.9 Å². The maximum atomic E-state index is 5.41. The van der Waals surface area contributed by atoms with Crippen LogP contribution in [0.2, 0.25) is 0 Å². The van der Waals surface area contributed by atoms with Crippen LogP contribution in [0.1, 0.15) is 17.8 Å². The Labute approximate surface area is 272 Å². The van der Waals surface area contributed by atoms with Gasteiger partial charge in [0.1, 0.15) is 5.82 Å². The van der Waals surface area contributed by atoms with Gasteiger partial charge in [-0.05, 0) is 52.6 Å². The first kappa shape index (κ1) is 27.1. The van der Waals surface area contributed by atoms with E-state index in [0.717, 1.165) is 68.5 Å². The zero-order valence-electron chi connectivity index (χ0n) is 25.6. The highest BCUT2D eigenvalue weighted by Crippen LogP contribution is 2.45. The van der Waals surface area contributed by atoms with Crippen molar-refractivity contribution in [3.63, 3.8) is 0 Å². The smallest absolute Gasteiger partial charge is 0.165 e. The van der Waals surface area contributed by atoms with Gasteiger partial charge in [0.15, 0.2) is 17.5 Å². The van der Waals surface area contributed by atoms with Crippen LogP contribution < -0.4 is 0 Å². The molecule has 1 aliphatic rings. The maximum absolute atomic E-state index is 5.41. The average molecular weight is 604 g/mol. The molecular weight excluding hydrogens is 574 g/mol. The van der Waals surface area contributed by atoms with Gasteiger partial charge < -0.3 is 0 Å². The van der Waals surface area contributed by atoms with Gasteiger partial charge in [-0.3, -0.25) is 4.57 Å². The van der Waals surface area contributed by atoms with E-state index in [0.29, 0.717) is 17.5 Å². The summed E-state index contributed by atoms with van der Waals surface area (Å²) in [6.45, 7) is 0. The molecule has 0 atom stereocenters. The van der Waals surface area contributed by atoms with Gasteiger partial charge in [0.2, 0.25) is 0 Å². The zero-order valence-corrected chi connectivity index (χ0v) is 25.6. The fourth-order valence-electron chi connectivity index (χ4n) is 6.81. The number of rotatable bonds is 5. The third-order valence-electron chi connectivity index (χ3n) is 8.92. The Balaban J connectivity index is 1.45. The Kier molecular flexibility index (Phi) is 6.53. The largest absolute Gasteiger partial charge is 0.296 e. The molecule has 0 fully saturated rings. The minimum absolute atomic E-state index is 0.616. The van der Waals surface area contributed by atoms with E-state index < -0.39 is 0 Å². The number of hydrogen-bond donors (Lipinski definition) is 0. The van der Waals surface area contributed by atoms with Crippen molar-refractivity contribution in [1.29, 1.82) is 0 Å². The van der Waals surface area contributed by atoms with E-state index in [1.54, 1.807) is 0 Å². The molecule has 0 unspecified atom stereocenters. The Morgan fingerprint density at radius 3 is 1.53 bits per heavy atom. The van der Waals surface area contributed by atoms with Gasteiger partial charge >= 0.3 is 0 Å². The van der Waals surface area contributed by atoms with Gasteiger partial charge in [-0.2, -0.15) is 0 Å². The van der Waals surface area contributed by atoms with Crippen molar-refractivity contribution in [2.75, 3.05) is 0 Å². The summed E-state index contributed by atoms with van der Waals surface area (Å²) < 4.78 is 2.34. The Bertz CT molecular complexity index is 2390. The molecule has 0 aliphatic heterocycles. The molecule has 6 aromatic carbocycles. The van der Waals surface area contributed by atoms with Gasteiger partial charge in [0, 0.05) is 27.9 Å². The van der Waals surface area contributed by atoms with Gasteiger partial charge in [-0.15, -0.1) is 0 Å². The highest BCUT2D eigenvalue weighted by molar-refractivity contribution is 6.20. The lowest BCUT2D eigenvalue weighted by Crippen LogP contribution is -2.06. The number of allylic oxidation sites excluding steroid dienone is 1. The summed E-state index contributed by atoms with van der Waals surface area (Å²) in [7, 11) is 0. The van der Waals surface area contributed by atoms with Crippen molar-refractivity contribution >= 4 is 27.6 Å². The number of hydrogen-bond acceptors (Lipinski definition) is 4. The van der Waals surface area contributed by atoms with Crippen LogP contribution in [0.3, 0.4) is 0 Å². The van der Waals surface area contributed by atoms with Gasteiger partial charge in [0.25, 0.3) is 0 Å². The predicted octanol–water partition coefficient (Wildman–Crippen LogP) is 9.99. The minimum Gasteiger partial charge on any atom is -0.296 e. The molecule has 0 bridgehead atoms. The molecule has 9 rings (SSSR count). The Hall–Kier alpha value is -6.20. The van der Waals surface area contributed by atoms with Crippen molar-refractivity contribution in [1.82, 2.24) is 24.5 Å². The number of aromatic nitrogens is 5. The summed E-state index contributed by atoms with van der Waals surface area (Å²) in [6.07, 6.45) is 6.27. The Morgan fingerprint density at radius 2 is 0.936 bits per heavy atom. The molecule has 222 valence electrons. The van der Waals surface area contributed by atoms with E-state index in [4.69, 9.17) is 19.9 Å². The van der Waals surface area contributed by atoms with E-state index >= 15 is 0 Å². The highest BCUT2D eigenvalue weighted by atomic mass is 15.1. The predicted molar refractivity (Wildman–Crippen MR) is 191 cm³/mol. The normalized spacial score (nSPS) is 12.4. The van der Waals surface area contributed by atoms with Crippen LogP contribution in [0, 0.1) is 0 Å². The topological polar surface area (TPSA) is 56.5 Å². The summed E-state index contributed by atoms with van der Waals surface area (Å²) in [4.78, 5) is 20.9. The van der Waals surface area contributed by atoms with Crippen molar-refractivity contribution in [3.05, 3.63) is 157 Å². The molecule has 47 heavy (non-hydrogen) atoms. The molecule has 0 spiro atoms. The monoisotopic (exact) mass is 603 g/mol. The molecule has 0 saturated heterocycles. The molecule has 5 heteroatoms. The molecule has 0 saturated carbocycles. The lowest BCUT2D eigenvalue weighted by molar-refractivity contribution is 0.878. The van der Waals surface area contributed by atoms with Crippen LogP contribution in [-0.2, 0) is 6.42 Å². The summed E-state index contributed by atoms with van der Waals surface area (Å²) in [5.74, 6) is 2.76. The summed E-state index contributed by atoms with van der Waals surface area (Å²) in [5, 5.41) is 4.49. The summed E-state index contributed by atoms with van der Waals surface area (Å²) in [6, 6.07) is 48.1. The minimum atomic E-state index is 0.616. The number of benzene rings is 6. The van der Waals surface area contributed by atoms with E-state index in [-0.39, 0.29) is 0 Å². The number of imidazole rings is 1. The van der Waals surface area contributed by atoms with Crippen LogP contribution in [0.4, 0.5) is 0 Å². The van der Waals surface area contributed by atoms with Crippen molar-refractivity contribution in [2.45, 2.75) is 12.8 Å². The summed E-state index contributed by atoms with van der Waals surface area (Å²) >= 11 is 0. The first-order valence-electron chi connectivity index (χ1n) is 16.0. The fraction of sp³-hybridized carbons (Fsp3) is 0.0476. The molecule has 0 N–H and O–H groups in total. The number of para-hydroxylation sites is 1. The standard InChI is InChI=1S/C42H29N5/c1-4-16-28(17-5-1)39-44-40(29-18-6-2-7-19-29)46-41(45-39)37-33-24-12-10-22-31(33)32-23-11-13-25-34(32)38(37)42-43-35-26-14-15-27-36(35)47(42)30-20-8-3-9-21-30/h1-14,16-26H,15,27H2. The van der Waals surface area contributed by atoms with E-state index in [1.165, 1.54) is 11.1 Å². The van der Waals surface area contributed by atoms with E-state index in [9.17, 15) is 0 Å². The molecule has 0 radical (unpaired) electrons. The third kappa shape index (κ3) is 4.63. The molecule has 0 amide bonds. The molecule has 1 aliphatic carbocycles. The second-order valence-electron chi connectivity index (χ2n) is 11.8. The lowest BCUT2D eigenvalue weighted by atomic mass is 9.90. The van der Waals surface area contributed by atoms with E-state index in [2.05, 4.69) is 120 Å². The van der Waals surface area contributed by atoms with Crippen molar-refractivity contribution < 1.29 is 0 Å². The molecule has 2 aromatic heterocycles. The highest BCUT2D eigenvalue weighted by Gasteiger charge is 2.27. The number of nitrogens with zero attached hydrogens (tertiary/aromatic N) is 5. The summed E-state index contributed by atoms with van der Waals surface area (Å²) in [5.41, 5.74) is 7.12. The van der Waals surface area contributed by atoms with Crippen LogP contribution in [0.25, 0.3) is 78.9 Å². The zero-order chi connectivity index (χ0) is 31.2. The number of fused-ring (bicyclic) bond motifs is 4. The first-order chi connectivity index (χ1) is 23.3. The lowest BCUT2D eigenvalue weighted by Gasteiger charge is -2.19. The van der Waals surface area contributed by atoms with E-state index in [1.807, 2.05) is 36.4 Å². The quantitative estimate of drug-likeness (QED) is 0.184. The van der Waals surface area contributed by atoms with Crippen molar-refractivity contribution in [2.24, 2.45) is 0 Å². The van der Waals surface area contributed by atoms with Crippen molar-refractivity contribution in [3.8, 4) is 51.2 Å². The molecular formula is C42H29N5. The SMILES string of the molecule is C1=Cc2nc(-c3c(-c4nc(-c5ccccc5)nc(-c5ccccc5)n4)c4ccccc4c4ccccc34)n(-c3ccccc3)c2CC1. The van der Waals surface area contributed by atoms with Gasteiger partial charge in [0.05, 0.1) is 11.4 Å². The molecule has 8 aromatic rings. The van der Waals surface area contributed by atoms with Crippen LogP contribution in [0.5, 0.6) is 0 Å². The maximum Gasteiger partial charge on any atom is 0.165 e. The fourth-order valence-corrected chi connectivity index (χ4v) is 6.81.